The maximum atomic E-state index is 13.5. The van der Waals surface area contributed by atoms with E-state index in [0.717, 1.165) is 23.7 Å². The van der Waals surface area contributed by atoms with E-state index in [9.17, 15) is 14.3 Å². The van der Waals surface area contributed by atoms with Crippen LogP contribution in [0.3, 0.4) is 0 Å². The smallest absolute Gasteiger partial charge is 0.244 e. The minimum atomic E-state index is -0.365. The van der Waals surface area contributed by atoms with E-state index in [-0.39, 0.29) is 17.8 Å². The maximum absolute atomic E-state index is 13.5. The minimum Gasteiger partial charge on any atom is -0.393 e. The topological polar surface area (TPSA) is 49.3 Å². The Balaban J connectivity index is 1.84. The van der Waals surface area contributed by atoms with Crippen LogP contribution in [0.25, 0.3) is 6.08 Å². The first kappa shape index (κ1) is 15.2. The molecule has 1 aromatic carbocycles. The van der Waals surface area contributed by atoms with Gasteiger partial charge >= 0.3 is 0 Å². The molecule has 1 aliphatic rings. The Morgan fingerprint density at radius 3 is 3.00 bits per heavy atom. The van der Waals surface area contributed by atoms with Crippen LogP contribution in [0.2, 0.25) is 0 Å². The number of nitrogens with one attached hydrogen (secondary N) is 1. The highest BCUT2D eigenvalue weighted by atomic mass is 79.9. The van der Waals surface area contributed by atoms with Crippen molar-refractivity contribution in [2.75, 3.05) is 6.54 Å². The van der Waals surface area contributed by atoms with E-state index in [1.807, 2.05) is 0 Å². The molecule has 0 bridgehead atoms. The summed E-state index contributed by atoms with van der Waals surface area (Å²) in [5.41, 5.74) is 0.366. The van der Waals surface area contributed by atoms with E-state index >= 15 is 0 Å². The third kappa shape index (κ3) is 4.42. The van der Waals surface area contributed by atoms with Crippen molar-refractivity contribution in [3.05, 3.63) is 40.1 Å². The zero-order valence-electron chi connectivity index (χ0n) is 11.0. The molecular formula is C15H17BrFNO2. The molecule has 0 radical (unpaired) electrons. The predicted molar refractivity (Wildman–Crippen MR) is 79.5 cm³/mol. The third-order valence-electron chi connectivity index (χ3n) is 3.45. The van der Waals surface area contributed by atoms with Gasteiger partial charge in [-0.15, -0.1) is 0 Å². The lowest BCUT2D eigenvalue weighted by Gasteiger charge is -2.09. The standard InChI is InChI=1S/C15H17BrFNO2/c16-12-3-5-14(17)11(8-12)2-6-15(20)18-9-10-1-4-13(19)7-10/h2-3,5-6,8,10,13,19H,1,4,7,9H2,(H,18,20)/b6-2+. The summed E-state index contributed by atoms with van der Waals surface area (Å²) in [5.74, 6) is -0.271. The van der Waals surface area contributed by atoms with Crippen LogP contribution in [0.5, 0.6) is 0 Å². The van der Waals surface area contributed by atoms with Gasteiger partial charge in [0, 0.05) is 22.7 Å². The second-order valence-corrected chi connectivity index (χ2v) is 5.99. The summed E-state index contributed by atoms with van der Waals surface area (Å²) in [7, 11) is 0. The van der Waals surface area contributed by atoms with Gasteiger partial charge in [-0.3, -0.25) is 4.79 Å². The molecule has 1 fully saturated rings. The van der Waals surface area contributed by atoms with Gasteiger partial charge in [-0.05, 0) is 49.5 Å². The Labute approximate surface area is 126 Å². The fourth-order valence-electron chi connectivity index (χ4n) is 2.35. The molecule has 3 nitrogen and oxygen atoms in total. The summed E-state index contributed by atoms with van der Waals surface area (Å²) in [5, 5.41) is 12.2. The van der Waals surface area contributed by atoms with E-state index in [0.29, 0.717) is 18.0 Å². The predicted octanol–water partition coefficient (Wildman–Crippen LogP) is 2.88. The Morgan fingerprint density at radius 1 is 1.50 bits per heavy atom. The molecule has 108 valence electrons. The molecule has 1 aliphatic carbocycles. The number of rotatable bonds is 4. The first-order valence-electron chi connectivity index (χ1n) is 6.63. The van der Waals surface area contributed by atoms with E-state index in [1.165, 1.54) is 18.2 Å². The Morgan fingerprint density at radius 2 is 2.30 bits per heavy atom. The second-order valence-electron chi connectivity index (χ2n) is 5.08. The molecule has 0 heterocycles. The van der Waals surface area contributed by atoms with Crippen LogP contribution in [-0.2, 0) is 4.79 Å². The quantitative estimate of drug-likeness (QED) is 0.827. The monoisotopic (exact) mass is 341 g/mol. The number of carbonyl (C=O) groups excluding carboxylic acids is 1. The molecule has 20 heavy (non-hydrogen) atoms. The van der Waals surface area contributed by atoms with Crippen molar-refractivity contribution in [3.63, 3.8) is 0 Å². The zero-order valence-corrected chi connectivity index (χ0v) is 12.6. The molecule has 0 saturated heterocycles. The summed E-state index contributed by atoms with van der Waals surface area (Å²) in [4.78, 5) is 11.7. The third-order valence-corrected chi connectivity index (χ3v) is 3.94. The lowest BCUT2D eigenvalue weighted by Crippen LogP contribution is -2.26. The Kier molecular flexibility index (Phi) is 5.31. The number of hydrogen-bond donors (Lipinski definition) is 2. The molecule has 2 atom stereocenters. The summed E-state index contributed by atoms with van der Waals surface area (Å²) < 4.78 is 14.2. The van der Waals surface area contributed by atoms with Crippen LogP contribution < -0.4 is 5.32 Å². The van der Waals surface area contributed by atoms with Gasteiger partial charge in [0.2, 0.25) is 5.91 Å². The largest absolute Gasteiger partial charge is 0.393 e. The van der Waals surface area contributed by atoms with Gasteiger partial charge in [0.25, 0.3) is 0 Å². The first-order chi connectivity index (χ1) is 9.54. The van der Waals surface area contributed by atoms with Crippen LogP contribution in [-0.4, -0.2) is 23.7 Å². The molecule has 2 N–H and O–H groups in total. The molecular weight excluding hydrogens is 325 g/mol. The number of benzene rings is 1. The summed E-state index contributed by atoms with van der Waals surface area (Å²) in [6.45, 7) is 0.557. The van der Waals surface area contributed by atoms with Crippen LogP contribution in [0, 0.1) is 11.7 Å². The number of halogens is 2. The fraction of sp³-hybridized carbons (Fsp3) is 0.400. The number of aliphatic hydroxyl groups is 1. The summed E-state index contributed by atoms with van der Waals surface area (Å²) in [6.07, 6.45) is 5.04. The highest BCUT2D eigenvalue weighted by molar-refractivity contribution is 9.10. The maximum Gasteiger partial charge on any atom is 0.244 e. The van der Waals surface area contributed by atoms with Gasteiger partial charge in [0.1, 0.15) is 5.82 Å². The zero-order chi connectivity index (χ0) is 14.5. The number of carbonyl (C=O) groups is 1. The first-order valence-corrected chi connectivity index (χ1v) is 7.43. The highest BCUT2D eigenvalue weighted by Gasteiger charge is 2.22. The van der Waals surface area contributed by atoms with Gasteiger partial charge in [0.15, 0.2) is 0 Å². The van der Waals surface area contributed by atoms with Crippen LogP contribution in [0.1, 0.15) is 24.8 Å². The molecule has 0 spiro atoms. The molecule has 0 aromatic heterocycles. The molecule has 0 aliphatic heterocycles. The molecule has 2 unspecified atom stereocenters. The second kappa shape index (κ2) is 6.99. The molecule has 1 aromatic rings. The average molecular weight is 342 g/mol. The summed E-state index contributed by atoms with van der Waals surface area (Å²) >= 11 is 3.26. The van der Waals surface area contributed by atoms with Crippen molar-refractivity contribution in [3.8, 4) is 0 Å². The van der Waals surface area contributed by atoms with Crippen molar-refractivity contribution in [1.29, 1.82) is 0 Å². The van der Waals surface area contributed by atoms with Crippen LogP contribution in [0.4, 0.5) is 4.39 Å². The lowest BCUT2D eigenvalue weighted by atomic mass is 10.1. The van der Waals surface area contributed by atoms with Gasteiger partial charge in [0.05, 0.1) is 6.10 Å². The number of aliphatic hydroxyl groups excluding tert-OH is 1. The molecule has 1 amide bonds. The van der Waals surface area contributed by atoms with Gasteiger partial charge < -0.3 is 10.4 Å². The van der Waals surface area contributed by atoms with Crippen LogP contribution in [0.15, 0.2) is 28.7 Å². The average Bonchev–Trinajstić information content (AvgIpc) is 2.83. The summed E-state index contributed by atoms with van der Waals surface area (Å²) in [6, 6.07) is 4.58. The highest BCUT2D eigenvalue weighted by Crippen LogP contribution is 2.24. The lowest BCUT2D eigenvalue weighted by molar-refractivity contribution is -0.116. The van der Waals surface area contributed by atoms with Crippen molar-refractivity contribution in [1.82, 2.24) is 5.32 Å². The van der Waals surface area contributed by atoms with Crippen molar-refractivity contribution < 1.29 is 14.3 Å². The minimum absolute atomic E-state index is 0.233. The van der Waals surface area contributed by atoms with Crippen molar-refractivity contribution >= 4 is 27.9 Å². The molecule has 1 saturated carbocycles. The fourth-order valence-corrected chi connectivity index (χ4v) is 2.72. The van der Waals surface area contributed by atoms with E-state index < -0.39 is 0 Å². The Bertz CT molecular complexity index is 519. The van der Waals surface area contributed by atoms with Crippen molar-refractivity contribution in [2.45, 2.75) is 25.4 Å². The van der Waals surface area contributed by atoms with E-state index in [2.05, 4.69) is 21.2 Å². The van der Waals surface area contributed by atoms with Gasteiger partial charge in [-0.1, -0.05) is 15.9 Å². The molecule has 5 heteroatoms. The SMILES string of the molecule is O=C(/C=C/c1cc(Br)ccc1F)NCC1CCC(O)C1. The number of amides is 1. The van der Waals surface area contributed by atoms with Gasteiger partial charge in [-0.25, -0.2) is 4.39 Å². The van der Waals surface area contributed by atoms with E-state index in [1.54, 1.807) is 12.1 Å². The van der Waals surface area contributed by atoms with E-state index in [4.69, 9.17) is 0 Å². The van der Waals surface area contributed by atoms with Crippen molar-refractivity contribution in [2.24, 2.45) is 5.92 Å². The Hall–Kier alpha value is -1.20. The normalized spacial score (nSPS) is 22.4. The van der Waals surface area contributed by atoms with Crippen LogP contribution >= 0.6 is 15.9 Å². The molecule has 2 rings (SSSR count). The number of hydrogen-bond acceptors (Lipinski definition) is 2. The van der Waals surface area contributed by atoms with Gasteiger partial charge in [-0.2, -0.15) is 0 Å².